The molecule has 2 rings (SSSR count). The number of hydrogen-bond donors (Lipinski definition) is 1. The van der Waals surface area contributed by atoms with Gasteiger partial charge in [0, 0.05) is 18.9 Å². The number of aryl methyl sites for hydroxylation is 1. The molecule has 1 aliphatic heterocycles. The molecule has 0 radical (unpaired) electrons. The first-order chi connectivity index (χ1) is 7.15. The maximum absolute atomic E-state index is 11.4. The molecular formula is C10H14N4O. The number of rotatable bonds is 1. The van der Waals surface area contributed by atoms with E-state index in [1.54, 1.807) is 6.20 Å². The molecule has 0 aliphatic carbocycles. The van der Waals surface area contributed by atoms with E-state index in [1.807, 2.05) is 13.8 Å². The van der Waals surface area contributed by atoms with Crippen molar-refractivity contribution in [2.45, 2.75) is 38.8 Å². The maximum Gasteiger partial charge on any atom is 0.168 e. The van der Waals surface area contributed by atoms with Crippen molar-refractivity contribution >= 4 is 5.78 Å². The van der Waals surface area contributed by atoms with Gasteiger partial charge in [-0.15, -0.1) is 5.10 Å². The van der Waals surface area contributed by atoms with Gasteiger partial charge in [-0.2, -0.15) is 5.10 Å². The van der Waals surface area contributed by atoms with Gasteiger partial charge >= 0.3 is 0 Å². The second-order valence-electron chi connectivity index (χ2n) is 4.02. The Morgan fingerprint density at radius 3 is 2.93 bits per heavy atom. The van der Waals surface area contributed by atoms with E-state index in [-0.39, 0.29) is 17.9 Å². The Labute approximate surface area is 88.3 Å². The van der Waals surface area contributed by atoms with Crippen LogP contribution < -0.4 is 5.32 Å². The Kier molecular flexibility index (Phi) is 2.73. The number of nitrogens with zero attached hydrogens (tertiary/aromatic N) is 3. The average molecular weight is 206 g/mol. The fraction of sp³-hybridized carbons (Fsp3) is 0.600. The Balaban J connectivity index is 2.19. The molecule has 0 bridgehead atoms. The zero-order chi connectivity index (χ0) is 10.8. The van der Waals surface area contributed by atoms with Crippen molar-refractivity contribution in [3.8, 4) is 0 Å². The highest BCUT2D eigenvalue weighted by atomic mass is 16.1. The number of aromatic nitrogens is 3. The summed E-state index contributed by atoms with van der Waals surface area (Å²) in [6, 6.07) is 0.119. The molecule has 0 amide bonds. The monoisotopic (exact) mass is 206 g/mol. The van der Waals surface area contributed by atoms with Crippen LogP contribution in [0.2, 0.25) is 0 Å². The summed E-state index contributed by atoms with van der Waals surface area (Å²) in [5.41, 5.74) is 0.826. The number of carbonyl (C=O) groups is 1. The molecule has 15 heavy (non-hydrogen) atoms. The number of ketones is 1. The molecule has 1 N–H and O–H groups in total. The summed E-state index contributed by atoms with van der Waals surface area (Å²) in [5.74, 6) is 0.881. The highest BCUT2D eigenvalue weighted by Gasteiger charge is 2.26. The summed E-state index contributed by atoms with van der Waals surface area (Å²) in [7, 11) is 0. The Bertz CT molecular complexity index is 379. The van der Waals surface area contributed by atoms with Crippen LogP contribution in [0, 0.1) is 6.92 Å². The van der Waals surface area contributed by atoms with E-state index in [2.05, 4.69) is 20.5 Å². The molecule has 5 nitrogen and oxygen atoms in total. The largest absolute Gasteiger partial charge is 0.304 e. The van der Waals surface area contributed by atoms with E-state index < -0.39 is 0 Å². The van der Waals surface area contributed by atoms with Crippen molar-refractivity contribution in [1.82, 2.24) is 20.5 Å². The van der Waals surface area contributed by atoms with Gasteiger partial charge in [0.25, 0.3) is 0 Å². The van der Waals surface area contributed by atoms with E-state index in [4.69, 9.17) is 0 Å². The van der Waals surface area contributed by atoms with Crippen LogP contribution in [0.5, 0.6) is 0 Å². The molecule has 2 heterocycles. The lowest BCUT2D eigenvalue weighted by atomic mass is 9.98. The van der Waals surface area contributed by atoms with Crippen LogP contribution in [0.25, 0.3) is 0 Å². The third kappa shape index (κ3) is 2.36. The lowest BCUT2D eigenvalue weighted by Gasteiger charge is -2.26. The van der Waals surface area contributed by atoms with Crippen molar-refractivity contribution in [2.24, 2.45) is 0 Å². The maximum atomic E-state index is 11.4. The van der Waals surface area contributed by atoms with E-state index in [0.717, 1.165) is 5.69 Å². The molecule has 0 spiro atoms. The van der Waals surface area contributed by atoms with Crippen molar-refractivity contribution < 1.29 is 4.79 Å². The average Bonchev–Trinajstić information content (AvgIpc) is 2.16. The highest BCUT2D eigenvalue weighted by Crippen LogP contribution is 2.20. The van der Waals surface area contributed by atoms with Crippen LogP contribution in [0.3, 0.4) is 0 Å². The van der Waals surface area contributed by atoms with Crippen molar-refractivity contribution in [3.63, 3.8) is 0 Å². The van der Waals surface area contributed by atoms with E-state index in [9.17, 15) is 4.79 Å². The van der Waals surface area contributed by atoms with E-state index in [0.29, 0.717) is 18.7 Å². The summed E-state index contributed by atoms with van der Waals surface area (Å²) in [6.07, 6.45) is 2.67. The van der Waals surface area contributed by atoms with Gasteiger partial charge in [-0.25, -0.2) is 4.98 Å². The second-order valence-corrected chi connectivity index (χ2v) is 4.02. The molecular weight excluding hydrogens is 192 g/mol. The fourth-order valence-corrected chi connectivity index (χ4v) is 1.83. The van der Waals surface area contributed by atoms with Gasteiger partial charge in [-0.1, -0.05) is 0 Å². The van der Waals surface area contributed by atoms with Crippen molar-refractivity contribution in [2.75, 3.05) is 0 Å². The molecule has 1 aromatic heterocycles. The lowest BCUT2D eigenvalue weighted by molar-refractivity contribution is -0.121. The minimum absolute atomic E-state index is 0.0753. The second kappa shape index (κ2) is 4.02. The van der Waals surface area contributed by atoms with Crippen LogP contribution >= 0.6 is 0 Å². The van der Waals surface area contributed by atoms with Gasteiger partial charge in [0.2, 0.25) is 0 Å². The first-order valence-electron chi connectivity index (χ1n) is 5.09. The van der Waals surface area contributed by atoms with Crippen molar-refractivity contribution in [3.05, 3.63) is 17.7 Å². The number of carbonyl (C=O) groups excluding carboxylic acids is 1. The standard InChI is InChI=1S/C10H14N4O/c1-6-3-8(15)4-9(12-6)10-13-7(2)5-11-14-10/h5-6,9,12H,3-4H2,1-2H3. The van der Waals surface area contributed by atoms with Crippen LogP contribution in [-0.4, -0.2) is 27.0 Å². The normalized spacial score (nSPS) is 26.7. The van der Waals surface area contributed by atoms with Crippen LogP contribution in [-0.2, 0) is 4.79 Å². The summed E-state index contributed by atoms with van der Waals surface area (Å²) < 4.78 is 0. The molecule has 0 saturated carbocycles. The summed E-state index contributed by atoms with van der Waals surface area (Å²) >= 11 is 0. The van der Waals surface area contributed by atoms with Crippen molar-refractivity contribution in [1.29, 1.82) is 0 Å². The van der Waals surface area contributed by atoms with Gasteiger partial charge in [0.05, 0.1) is 17.9 Å². The number of piperidine rings is 1. The zero-order valence-electron chi connectivity index (χ0n) is 8.90. The van der Waals surface area contributed by atoms with Gasteiger partial charge in [0.1, 0.15) is 5.78 Å². The molecule has 2 unspecified atom stereocenters. The summed E-state index contributed by atoms with van der Waals surface area (Å²) in [5, 5.41) is 11.1. The molecule has 80 valence electrons. The Hall–Kier alpha value is -1.36. The predicted octanol–water partition coefficient (Wildman–Crippen LogP) is 0.562. The van der Waals surface area contributed by atoms with Gasteiger partial charge < -0.3 is 5.32 Å². The third-order valence-electron chi connectivity index (χ3n) is 2.46. The minimum Gasteiger partial charge on any atom is -0.304 e. The van der Waals surface area contributed by atoms with Gasteiger partial charge in [-0.3, -0.25) is 4.79 Å². The fourth-order valence-electron chi connectivity index (χ4n) is 1.83. The molecule has 1 saturated heterocycles. The molecule has 1 aliphatic rings. The molecule has 1 fully saturated rings. The number of nitrogens with one attached hydrogen (secondary N) is 1. The Morgan fingerprint density at radius 2 is 2.27 bits per heavy atom. The van der Waals surface area contributed by atoms with Crippen LogP contribution in [0.15, 0.2) is 6.20 Å². The summed E-state index contributed by atoms with van der Waals surface area (Å²) in [4.78, 5) is 15.7. The van der Waals surface area contributed by atoms with Crippen LogP contribution in [0.4, 0.5) is 0 Å². The predicted molar refractivity (Wildman–Crippen MR) is 54.1 cm³/mol. The third-order valence-corrected chi connectivity index (χ3v) is 2.46. The molecule has 5 heteroatoms. The van der Waals surface area contributed by atoms with E-state index >= 15 is 0 Å². The molecule has 0 aromatic carbocycles. The first kappa shape index (κ1) is 10.2. The lowest BCUT2D eigenvalue weighted by Crippen LogP contribution is -2.39. The number of Topliss-reactive ketones (excluding diaryl/α,β-unsaturated/α-hetero) is 1. The first-order valence-corrected chi connectivity index (χ1v) is 5.09. The molecule has 2 atom stereocenters. The van der Waals surface area contributed by atoms with Gasteiger partial charge in [-0.05, 0) is 13.8 Å². The smallest absolute Gasteiger partial charge is 0.168 e. The van der Waals surface area contributed by atoms with Crippen LogP contribution in [0.1, 0.15) is 37.3 Å². The quantitative estimate of drug-likeness (QED) is 0.727. The van der Waals surface area contributed by atoms with E-state index in [1.165, 1.54) is 0 Å². The van der Waals surface area contributed by atoms with Gasteiger partial charge in [0.15, 0.2) is 5.82 Å². The summed E-state index contributed by atoms with van der Waals surface area (Å²) in [6.45, 7) is 3.86. The highest BCUT2D eigenvalue weighted by molar-refractivity contribution is 5.80. The number of hydrogen-bond acceptors (Lipinski definition) is 5. The minimum atomic E-state index is -0.0753. The molecule has 1 aromatic rings. The zero-order valence-corrected chi connectivity index (χ0v) is 8.90. The Morgan fingerprint density at radius 1 is 1.47 bits per heavy atom. The topological polar surface area (TPSA) is 67.8 Å². The SMILES string of the molecule is Cc1cnnc(C2CC(=O)CC(C)N2)n1.